The molecule has 0 aromatic rings. The van der Waals surface area contributed by atoms with Crippen molar-refractivity contribution in [1.29, 1.82) is 0 Å². The first kappa shape index (κ1) is 12.6. The summed E-state index contributed by atoms with van der Waals surface area (Å²) in [5.41, 5.74) is 0. The molecule has 0 heterocycles. The van der Waals surface area contributed by atoms with Crippen molar-refractivity contribution in [3.05, 3.63) is 0 Å². The zero-order valence-electron chi connectivity index (χ0n) is 5.83. The molecule has 0 aliphatic carbocycles. The van der Waals surface area contributed by atoms with Gasteiger partial charge in [-0.05, 0) is 13.8 Å². The van der Waals surface area contributed by atoms with Crippen molar-refractivity contribution in [3.63, 3.8) is 0 Å². The third-order valence-corrected chi connectivity index (χ3v) is 1.44. The molecule has 0 saturated carbocycles. The van der Waals surface area contributed by atoms with Crippen molar-refractivity contribution in [2.75, 3.05) is 13.2 Å². The Morgan fingerprint density at radius 1 is 1.22 bits per heavy atom. The van der Waals surface area contributed by atoms with Gasteiger partial charge in [-0.1, -0.05) is 0 Å². The van der Waals surface area contributed by atoms with E-state index in [2.05, 4.69) is 9.05 Å². The van der Waals surface area contributed by atoms with Crippen LogP contribution in [0.5, 0.6) is 0 Å². The van der Waals surface area contributed by atoms with E-state index >= 15 is 0 Å². The monoisotopic (exact) mass is 202 g/mol. The van der Waals surface area contributed by atoms with Crippen LogP contribution in [0, 0.1) is 0 Å². The summed E-state index contributed by atoms with van der Waals surface area (Å²) < 4.78 is 9.36. The van der Waals surface area contributed by atoms with E-state index in [1.807, 2.05) is 13.8 Å². The van der Waals surface area contributed by atoms with Crippen LogP contribution in [0.2, 0.25) is 0 Å². The normalized spacial score (nSPS) is 9.33. The first-order valence-electron chi connectivity index (χ1n) is 2.56. The summed E-state index contributed by atoms with van der Waals surface area (Å²) in [6.45, 7) is 4.62. The van der Waals surface area contributed by atoms with E-state index < -0.39 is 8.60 Å². The molecule has 0 amide bonds. The van der Waals surface area contributed by atoms with E-state index in [0.29, 0.717) is 13.2 Å². The molecule has 0 saturated heterocycles. The first-order valence-corrected chi connectivity index (χ1v) is 3.69. The Kier molecular flexibility index (Phi) is 12.5. The van der Waals surface area contributed by atoms with Crippen molar-refractivity contribution < 1.29 is 33.4 Å². The summed E-state index contributed by atoms with van der Waals surface area (Å²) in [6.07, 6.45) is 0. The molecule has 1 N–H and O–H groups in total. The molecular weight excluding hydrogens is 192 g/mol. The van der Waals surface area contributed by atoms with E-state index in [0.717, 1.165) is 0 Å². The van der Waals surface area contributed by atoms with Gasteiger partial charge in [0.1, 0.15) is 0 Å². The SMILES string of the molecule is CCOP(O)OCC.[Zn]. The van der Waals surface area contributed by atoms with Crippen LogP contribution in [-0.4, -0.2) is 18.1 Å². The molecule has 0 radical (unpaired) electrons. The number of hydrogen-bond donors (Lipinski definition) is 1. The Labute approximate surface area is 69.5 Å². The fourth-order valence-corrected chi connectivity index (χ4v) is 0.774. The minimum absolute atomic E-state index is 0. The molecule has 9 heavy (non-hydrogen) atoms. The minimum atomic E-state index is -1.58. The van der Waals surface area contributed by atoms with E-state index in [1.54, 1.807) is 0 Å². The largest absolute Gasteiger partial charge is 0.329 e. The van der Waals surface area contributed by atoms with Gasteiger partial charge in [0, 0.05) is 19.5 Å². The summed E-state index contributed by atoms with van der Waals surface area (Å²) in [6, 6.07) is 0. The van der Waals surface area contributed by atoms with Crippen molar-refractivity contribution in [2.45, 2.75) is 13.8 Å². The summed E-state index contributed by atoms with van der Waals surface area (Å²) in [7, 11) is -1.58. The van der Waals surface area contributed by atoms with Gasteiger partial charge < -0.3 is 13.9 Å². The summed E-state index contributed by atoms with van der Waals surface area (Å²) in [5, 5.41) is 0. The van der Waals surface area contributed by atoms with Crippen LogP contribution in [0.3, 0.4) is 0 Å². The summed E-state index contributed by atoms with van der Waals surface area (Å²) >= 11 is 0. The summed E-state index contributed by atoms with van der Waals surface area (Å²) in [4.78, 5) is 8.67. The first-order chi connectivity index (χ1) is 3.81. The predicted molar refractivity (Wildman–Crippen MR) is 32.4 cm³/mol. The minimum Gasteiger partial charge on any atom is -0.328 e. The van der Waals surface area contributed by atoms with E-state index in [-0.39, 0.29) is 19.5 Å². The van der Waals surface area contributed by atoms with Crippen molar-refractivity contribution in [2.24, 2.45) is 0 Å². The van der Waals surface area contributed by atoms with Gasteiger partial charge in [-0.15, -0.1) is 0 Å². The average molecular weight is 203 g/mol. The van der Waals surface area contributed by atoms with Gasteiger partial charge in [0.2, 0.25) is 0 Å². The molecule has 0 bridgehead atoms. The smallest absolute Gasteiger partial charge is 0.328 e. The van der Waals surface area contributed by atoms with Gasteiger partial charge in [-0.25, -0.2) is 0 Å². The topological polar surface area (TPSA) is 38.7 Å². The fourth-order valence-electron chi connectivity index (χ4n) is 0.258. The molecule has 0 aromatic heterocycles. The van der Waals surface area contributed by atoms with Gasteiger partial charge in [0.25, 0.3) is 0 Å². The fraction of sp³-hybridized carbons (Fsp3) is 1.00. The zero-order chi connectivity index (χ0) is 6.41. The van der Waals surface area contributed by atoms with Crippen LogP contribution in [0.4, 0.5) is 0 Å². The molecule has 52 valence electrons. The van der Waals surface area contributed by atoms with E-state index in [1.165, 1.54) is 0 Å². The van der Waals surface area contributed by atoms with Crippen LogP contribution >= 0.6 is 8.60 Å². The van der Waals surface area contributed by atoms with Gasteiger partial charge in [-0.2, -0.15) is 0 Å². The maximum atomic E-state index is 8.67. The van der Waals surface area contributed by atoms with Crippen LogP contribution in [0.15, 0.2) is 0 Å². The molecule has 0 aliphatic rings. The van der Waals surface area contributed by atoms with Gasteiger partial charge in [0.15, 0.2) is 0 Å². The molecule has 0 aliphatic heterocycles. The van der Waals surface area contributed by atoms with Gasteiger partial charge in [-0.3, -0.25) is 0 Å². The molecule has 5 heteroatoms. The number of rotatable bonds is 4. The maximum absolute atomic E-state index is 8.67. The van der Waals surface area contributed by atoms with Crippen LogP contribution in [0.25, 0.3) is 0 Å². The Morgan fingerprint density at radius 3 is 1.78 bits per heavy atom. The summed E-state index contributed by atoms with van der Waals surface area (Å²) in [5.74, 6) is 0. The van der Waals surface area contributed by atoms with Crippen molar-refractivity contribution >= 4 is 8.60 Å². The standard InChI is InChI=1S/C4H11O3P.Zn/c1-3-6-8(5)7-4-2;/h5H,3-4H2,1-2H3;. The van der Waals surface area contributed by atoms with E-state index in [9.17, 15) is 0 Å². The second-order valence-corrected chi connectivity index (χ2v) is 2.07. The maximum Gasteiger partial charge on any atom is 0.329 e. The molecular formula is C4H11O3PZn. The third kappa shape index (κ3) is 8.93. The predicted octanol–water partition coefficient (Wildman–Crippen LogP) is 1.28. The van der Waals surface area contributed by atoms with Crippen LogP contribution in [-0.2, 0) is 28.5 Å². The van der Waals surface area contributed by atoms with Gasteiger partial charge in [0.05, 0.1) is 13.2 Å². The van der Waals surface area contributed by atoms with E-state index in [4.69, 9.17) is 4.89 Å². The van der Waals surface area contributed by atoms with Crippen LogP contribution < -0.4 is 0 Å². The quantitative estimate of drug-likeness (QED) is 0.553. The Bertz CT molecular complexity index is 49.1. The Morgan fingerprint density at radius 2 is 1.56 bits per heavy atom. The molecule has 0 atom stereocenters. The Hall–Kier alpha value is 0.933. The Balaban J connectivity index is 0. The molecule has 0 unspecified atom stereocenters. The molecule has 0 rings (SSSR count). The molecule has 0 spiro atoms. The second-order valence-electron chi connectivity index (χ2n) is 1.07. The number of hydrogen-bond acceptors (Lipinski definition) is 3. The van der Waals surface area contributed by atoms with Crippen molar-refractivity contribution in [3.8, 4) is 0 Å². The second kappa shape index (κ2) is 8.93. The molecule has 0 fully saturated rings. The average Bonchev–Trinajstić information content (AvgIpc) is 1.68. The van der Waals surface area contributed by atoms with Crippen molar-refractivity contribution in [1.82, 2.24) is 0 Å². The van der Waals surface area contributed by atoms with Crippen LogP contribution in [0.1, 0.15) is 13.8 Å². The third-order valence-electron chi connectivity index (χ3n) is 0.479. The molecule has 0 aromatic carbocycles. The van der Waals surface area contributed by atoms with Gasteiger partial charge >= 0.3 is 8.60 Å². The zero-order valence-corrected chi connectivity index (χ0v) is 9.69. The molecule has 3 nitrogen and oxygen atoms in total.